The normalized spacial score (nSPS) is 32.2. The van der Waals surface area contributed by atoms with Crippen LogP contribution in [0.15, 0.2) is 0 Å². The highest BCUT2D eigenvalue weighted by molar-refractivity contribution is 4.77. The summed E-state index contributed by atoms with van der Waals surface area (Å²) in [6.07, 6.45) is 4.66. The van der Waals surface area contributed by atoms with Crippen LogP contribution in [0.25, 0.3) is 0 Å². The highest BCUT2D eigenvalue weighted by Gasteiger charge is 2.18. The molecule has 0 aromatic rings. The Morgan fingerprint density at radius 2 is 2.36 bits per heavy atom. The minimum atomic E-state index is 0.377. The predicted molar refractivity (Wildman–Crippen MR) is 45.0 cm³/mol. The van der Waals surface area contributed by atoms with Gasteiger partial charge in [0.15, 0.2) is 0 Å². The van der Waals surface area contributed by atoms with E-state index in [2.05, 4.69) is 5.48 Å². The van der Waals surface area contributed by atoms with Crippen molar-refractivity contribution in [1.82, 2.24) is 5.48 Å². The Morgan fingerprint density at radius 3 is 3.00 bits per heavy atom. The molecule has 1 fully saturated rings. The third-order valence-electron chi connectivity index (χ3n) is 2.11. The van der Waals surface area contributed by atoms with Gasteiger partial charge in [-0.25, -0.2) is 0 Å². The zero-order valence-electron chi connectivity index (χ0n) is 7.18. The van der Waals surface area contributed by atoms with Crippen molar-refractivity contribution in [2.45, 2.75) is 44.7 Å². The van der Waals surface area contributed by atoms with E-state index < -0.39 is 0 Å². The van der Waals surface area contributed by atoms with Gasteiger partial charge in [0.1, 0.15) is 0 Å². The summed E-state index contributed by atoms with van der Waals surface area (Å²) in [5.74, 6) is 0. The second-order valence-corrected chi connectivity index (χ2v) is 3.17. The summed E-state index contributed by atoms with van der Waals surface area (Å²) < 4.78 is 0. The molecule has 0 aromatic heterocycles. The Morgan fingerprint density at radius 1 is 1.55 bits per heavy atom. The first kappa shape index (κ1) is 8.97. The summed E-state index contributed by atoms with van der Waals surface area (Å²) in [5.41, 5.74) is 8.82. The summed E-state index contributed by atoms with van der Waals surface area (Å²) >= 11 is 0. The van der Waals surface area contributed by atoms with Crippen molar-refractivity contribution < 1.29 is 4.84 Å². The number of hydroxylamine groups is 1. The quantitative estimate of drug-likeness (QED) is 0.597. The van der Waals surface area contributed by atoms with E-state index in [4.69, 9.17) is 10.6 Å². The van der Waals surface area contributed by atoms with Crippen LogP contribution >= 0.6 is 0 Å². The zero-order valence-corrected chi connectivity index (χ0v) is 7.18. The second kappa shape index (κ2) is 4.70. The average molecular weight is 158 g/mol. The molecule has 0 aliphatic heterocycles. The molecule has 3 heteroatoms. The van der Waals surface area contributed by atoms with E-state index in [1.54, 1.807) is 0 Å². The van der Waals surface area contributed by atoms with Crippen LogP contribution in [-0.4, -0.2) is 18.7 Å². The molecule has 66 valence electrons. The Bertz CT molecular complexity index is 108. The van der Waals surface area contributed by atoms with E-state index in [9.17, 15) is 0 Å². The third-order valence-corrected chi connectivity index (χ3v) is 2.11. The van der Waals surface area contributed by atoms with Crippen molar-refractivity contribution in [3.05, 3.63) is 0 Å². The maximum Gasteiger partial charge on any atom is 0.0654 e. The van der Waals surface area contributed by atoms with Crippen molar-refractivity contribution in [3.8, 4) is 0 Å². The monoisotopic (exact) mass is 158 g/mol. The van der Waals surface area contributed by atoms with Crippen LogP contribution in [-0.2, 0) is 4.84 Å². The van der Waals surface area contributed by atoms with Gasteiger partial charge in [-0.1, -0.05) is 6.42 Å². The standard InChI is InChI=1S/C8H18N2O/c1-2-11-10-8-5-3-4-7(9)6-8/h7-8,10H,2-6,9H2,1H3. The third kappa shape index (κ3) is 3.18. The van der Waals surface area contributed by atoms with Crippen LogP contribution in [0.4, 0.5) is 0 Å². The number of hydrogen-bond acceptors (Lipinski definition) is 3. The van der Waals surface area contributed by atoms with E-state index in [0.29, 0.717) is 12.1 Å². The highest BCUT2D eigenvalue weighted by Crippen LogP contribution is 2.16. The zero-order chi connectivity index (χ0) is 8.10. The van der Waals surface area contributed by atoms with E-state index in [1.807, 2.05) is 6.92 Å². The number of hydrogen-bond donors (Lipinski definition) is 2. The van der Waals surface area contributed by atoms with Crippen molar-refractivity contribution in [3.63, 3.8) is 0 Å². The average Bonchev–Trinajstić information content (AvgIpc) is 2.01. The van der Waals surface area contributed by atoms with E-state index in [1.165, 1.54) is 19.3 Å². The summed E-state index contributed by atoms with van der Waals surface area (Å²) in [5, 5.41) is 0. The molecule has 2 atom stereocenters. The Hall–Kier alpha value is -0.120. The van der Waals surface area contributed by atoms with Crippen LogP contribution in [0, 0.1) is 0 Å². The highest BCUT2D eigenvalue weighted by atomic mass is 16.6. The van der Waals surface area contributed by atoms with E-state index >= 15 is 0 Å². The smallest absolute Gasteiger partial charge is 0.0654 e. The lowest BCUT2D eigenvalue weighted by Gasteiger charge is -2.26. The van der Waals surface area contributed by atoms with E-state index in [-0.39, 0.29) is 0 Å². The van der Waals surface area contributed by atoms with Gasteiger partial charge < -0.3 is 10.6 Å². The molecule has 1 aliphatic rings. The Balaban J connectivity index is 2.12. The fraction of sp³-hybridized carbons (Fsp3) is 1.00. The maximum absolute atomic E-state index is 5.80. The van der Waals surface area contributed by atoms with Gasteiger partial charge in [0.05, 0.1) is 6.61 Å². The topological polar surface area (TPSA) is 47.3 Å². The molecule has 11 heavy (non-hydrogen) atoms. The summed E-state index contributed by atoms with van der Waals surface area (Å²) in [6, 6.07) is 0.861. The van der Waals surface area contributed by atoms with E-state index in [0.717, 1.165) is 13.0 Å². The first-order valence-corrected chi connectivity index (χ1v) is 4.45. The number of rotatable bonds is 3. The fourth-order valence-electron chi connectivity index (χ4n) is 1.54. The van der Waals surface area contributed by atoms with Crippen LogP contribution in [0.5, 0.6) is 0 Å². The maximum atomic E-state index is 5.80. The molecule has 0 spiro atoms. The van der Waals surface area contributed by atoms with Crippen LogP contribution in [0.3, 0.4) is 0 Å². The molecular weight excluding hydrogens is 140 g/mol. The lowest BCUT2D eigenvalue weighted by Crippen LogP contribution is -2.39. The molecule has 3 N–H and O–H groups in total. The molecule has 2 unspecified atom stereocenters. The number of nitrogens with two attached hydrogens (primary N) is 1. The fourth-order valence-corrected chi connectivity index (χ4v) is 1.54. The molecule has 0 saturated heterocycles. The molecule has 1 saturated carbocycles. The van der Waals surface area contributed by atoms with Crippen molar-refractivity contribution in [2.75, 3.05) is 6.61 Å². The molecule has 0 bridgehead atoms. The van der Waals surface area contributed by atoms with Crippen LogP contribution < -0.4 is 11.2 Å². The Labute approximate surface area is 68.2 Å². The van der Waals surface area contributed by atoms with Gasteiger partial charge in [-0.2, -0.15) is 5.48 Å². The van der Waals surface area contributed by atoms with Gasteiger partial charge in [-0.15, -0.1) is 0 Å². The van der Waals surface area contributed by atoms with Crippen molar-refractivity contribution >= 4 is 0 Å². The largest absolute Gasteiger partial charge is 0.328 e. The van der Waals surface area contributed by atoms with Gasteiger partial charge in [0, 0.05) is 12.1 Å². The van der Waals surface area contributed by atoms with Crippen molar-refractivity contribution in [2.24, 2.45) is 5.73 Å². The van der Waals surface area contributed by atoms with Gasteiger partial charge >= 0.3 is 0 Å². The lowest BCUT2D eigenvalue weighted by atomic mass is 9.92. The molecule has 0 amide bonds. The van der Waals surface area contributed by atoms with Crippen molar-refractivity contribution in [1.29, 1.82) is 0 Å². The first-order chi connectivity index (χ1) is 5.33. The second-order valence-electron chi connectivity index (χ2n) is 3.17. The molecular formula is C8H18N2O. The summed E-state index contributed by atoms with van der Waals surface area (Å²) in [6.45, 7) is 2.71. The predicted octanol–water partition coefficient (Wildman–Crippen LogP) is 0.797. The SMILES string of the molecule is CCONC1CCCC(N)C1. The van der Waals surface area contributed by atoms with Gasteiger partial charge in [0.25, 0.3) is 0 Å². The summed E-state index contributed by atoms with van der Waals surface area (Å²) in [4.78, 5) is 5.12. The van der Waals surface area contributed by atoms with Gasteiger partial charge in [-0.05, 0) is 26.2 Å². The van der Waals surface area contributed by atoms with Gasteiger partial charge in [-0.3, -0.25) is 0 Å². The van der Waals surface area contributed by atoms with Crippen LogP contribution in [0.1, 0.15) is 32.6 Å². The molecule has 0 radical (unpaired) electrons. The minimum absolute atomic E-state index is 0.377. The minimum Gasteiger partial charge on any atom is -0.328 e. The molecule has 1 rings (SSSR count). The lowest BCUT2D eigenvalue weighted by molar-refractivity contribution is 0.0133. The molecule has 3 nitrogen and oxygen atoms in total. The van der Waals surface area contributed by atoms with Crippen LogP contribution in [0.2, 0.25) is 0 Å². The van der Waals surface area contributed by atoms with Gasteiger partial charge in [0.2, 0.25) is 0 Å². The Kier molecular flexibility index (Phi) is 3.83. The molecule has 0 aromatic carbocycles. The number of nitrogens with one attached hydrogen (secondary N) is 1. The first-order valence-electron chi connectivity index (χ1n) is 4.45. The molecule has 0 heterocycles. The summed E-state index contributed by atoms with van der Waals surface area (Å²) in [7, 11) is 0. The molecule has 1 aliphatic carbocycles.